The number of hydrogen-bond acceptors (Lipinski definition) is 4. The first-order valence-corrected chi connectivity index (χ1v) is 7.62. The molecule has 2 aromatic rings. The average Bonchev–Trinajstić information content (AvgIpc) is 2.62. The summed E-state index contributed by atoms with van der Waals surface area (Å²) in [5.74, 6) is 0.296. The number of hydrogen-bond donors (Lipinski definition) is 1. The fourth-order valence-electron chi connectivity index (χ4n) is 3.04. The van der Waals surface area contributed by atoms with Crippen LogP contribution in [0.1, 0.15) is 30.2 Å². The number of nitrogens with zero attached hydrogens (tertiary/aromatic N) is 3. The summed E-state index contributed by atoms with van der Waals surface area (Å²) in [6.07, 6.45) is 3.28. The Bertz CT molecular complexity index is 640. The molecule has 4 nitrogen and oxygen atoms in total. The molecule has 1 atom stereocenters. The standard InChI is InChI=1S/C18H19N3O/c19-12-16-6-7-17(13-20-16)21-10-8-15(9-11-21)18(22)14-4-2-1-3-5-14/h1-7,13,15,18,22H,8-11H2. The third-order valence-corrected chi connectivity index (χ3v) is 4.35. The zero-order valence-corrected chi connectivity index (χ0v) is 12.4. The van der Waals surface area contributed by atoms with Crippen LogP contribution < -0.4 is 4.90 Å². The highest BCUT2D eigenvalue weighted by Crippen LogP contribution is 2.32. The molecule has 1 saturated heterocycles. The van der Waals surface area contributed by atoms with Gasteiger partial charge in [-0.3, -0.25) is 0 Å². The number of pyridine rings is 1. The van der Waals surface area contributed by atoms with Gasteiger partial charge in [0, 0.05) is 13.1 Å². The van der Waals surface area contributed by atoms with Crippen molar-refractivity contribution >= 4 is 5.69 Å². The molecular weight excluding hydrogens is 274 g/mol. The summed E-state index contributed by atoms with van der Waals surface area (Å²) in [6.45, 7) is 1.81. The molecule has 2 heterocycles. The number of piperidine rings is 1. The summed E-state index contributed by atoms with van der Waals surface area (Å²) >= 11 is 0. The highest BCUT2D eigenvalue weighted by Gasteiger charge is 2.26. The van der Waals surface area contributed by atoms with Crippen LogP contribution >= 0.6 is 0 Å². The first-order valence-electron chi connectivity index (χ1n) is 7.62. The lowest BCUT2D eigenvalue weighted by molar-refractivity contribution is 0.0930. The maximum Gasteiger partial charge on any atom is 0.140 e. The predicted octanol–water partition coefficient (Wildman–Crippen LogP) is 2.90. The van der Waals surface area contributed by atoms with Crippen molar-refractivity contribution < 1.29 is 5.11 Å². The minimum Gasteiger partial charge on any atom is -0.388 e. The molecule has 112 valence electrons. The summed E-state index contributed by atoms with van der Waals surface area (Å²) in [5, 5.41) is 19.3. The van der Waals surface area contributed by atoms with Crippen LogP contribution in [0.15, 0.2) is 48.7 Å². The molecule has 0 saturated carbocycles. The Balaban J connectivity index is 1.61. The Hall–Kier alpha value is -2.38. The maximum absolute atomic E-state index is 10.5. The van der Waals surface area contributed by atoms with Crippen LogP contribution in [-0.4, -0.2) is 23.2 Å². The first-order chi connectivity index (χ1) is 10.8. The number of nitriles is 1. The molecule has 0 bridgehead atoms. The van der Waals surface area contributed by atoms with Gasteiger partial charge in [-0.1, -0.05) is 30.3 Å². The van der Waals surface area contributed by atoms with E-state index in [4.69, 9.17) is 5.26 Å². The van der Waals surface area contributed by atoms with Gasteiger partial charge in [0.1, 0.15) is 11.8 Å². The molecule has 1 N–H and O–H groups in total. The number of aliphatic hydroxyl groups is 1. The molecule has 0 radical (unpaired) electrons. The molecule has 0 spiro atoms. The van der Waals surface area contributed by atoms with Crippen molar-refractivity contribution in [1.29, 1.82) is 5.26 Å². The second-order valence-corrected chi connectivity index (χ2v) is 5.69. The van der Waals surface area contributed by atoms with Crippen molar-refractivity contribution in [3.05, 3.63) is 59.9 Å². The summed E-state index contributed by atoms with van der Waals surface area (Å²) in [6, 6.07) is 15.6. The van der Waals surface area contributed by atoms with Crippen molar-refractivity contribution in [3.63, 3.8) is 0 Å². The summed E-state index contributed by atoms with van der Waals surface area (Å²) < 4.78 is 0. The normalized spacial score (nSPS) is 17.0. The lowest BCUT2D eigenvalue weighted by Gasteiger charge is -2.35. The van der Waals surface area contributed by atoms with Gasteiger partial charge in [0.2, 0.25) is 0 Å². The monoisotopic (exact) mass is 293 g/mol. The molecule has 1 aromatic heterocycles. The minimum atomic E-state index is -0.387. The van der Waals surface area contributed by atoms with Crippen LogP contribution in [0.5, 0.6) is 0 Å². The van der Waals surface area contributed by atoms with Gasteiger partial charge in [-0.15, -0.1) is 0 Å². The second kappa shape index (κ2) is 6.59. The first kappa shape index (κ1) is 14.6. The lowest BCUT2D eigenvalue weighted by Crippen LogP contribution is -2.35. The van der Waals surface area contributed by atoms with E-state index in [1.54, 1.807) is 12.3 Å². The van der Waals surface area contributed by atoms with Gasteiger partial charge in [0.25, 0.3) is 0 Å². The molecule has 1 aliphatic heterocycles. The van der Waals surface area contributed by atoms with Gasteiger partial charge in [-0.05, 0) is 36.5 Å². The van der Waals surface area contributed by atoms with Gasteiger partial charge >= 0.3 is 0 Å². The van der Waals surface area contributed by atoms with E-state index in [1.807, 2.05) is 42.5 Å². The van der Waals surface area contributed by atoms with E-state index >= 15 is 0 Å². The highest BCUT2D eigenvalue weighted by molar-refractivity contribution is 5.46. The van der Waals surface area contributed by atoms with Gasteiger partial charge in [0.15, 0.2) is 0 Å². The molecule has 1 aliphatic rings. The number of aliphatic hydroxyl groups excluding tert-OH is 1. The van der Waals surface area contributed by atoms with Gasteiger partial charge in [-0.25, -0.2) is 4.98 Å². The second-order valence-electron chi connectivity index (χ2n) is 5.69. The fraction of sp³-hybridized carbons (Fsp3) is 0.333. The number of benzene rings is 1. The summed E-state index contributed by atoms with van der Waals surface area (Å²) in [5.41, 5.74) is 2.49. The van der Waals surface area contributed by atoms with Crippen molar-refractivity contribution in [1.82, 2.24) is 4.98 Å². The van der Waals surface area contributed by atoms with Crippen molar-refractivity contribution in [3.8, 4) is 6.07 Å². The molecule has 22 heavy (non-hydrogen) atoms. The third kappa shape index (κ3) is 3.10. The molecule has 0 aliphatic carbocycles. The lowest BCUT2D eigenvalue weighted by atomic mass is 9.87. The van der Waals surface area contributed by atoms with E-state index < -0.39 is 0 Å². The molecule has 4 heteroatoms. The smallest absolute Gasteiger partial charge is 0.140 e. The molecule has 0 amide bonds. The van der Waals surface area contributed by atoms with E-state index in [9.17, 15) is 5.11 Å². The maximum atomic E-state index is 10.5. The van der Waals surface area contributed by atoms with E-state index in [0.29, 0.717) is 11.6 Å². The van der Waals surface area contributed by atoms with E-state index in [1.165, 1.54) is 0 Å². The van der Waals surface area contributed by atoms with Crippen LogP contribution in [0.25, 0.3) is 0 Å². The SMILES string of the molecule is N#Cc1ccc(N2CCC(C(O)c3ccccc3)CC2)cn1. The Morgan fingerprint density at radius 3 is 2.45 bits per heavy atom. The van der Waals surface area contributed by atoms with Gasteiger partial charge in [-0.2, -0.15) is 5.26 Å². The molecule has 1 aromatic carbocycles. The number of rotatable bonds is 3. The van der Waals surface area contributed by atoms with Gasteiger partial charge < -0.3 is 10.0 Å². The Labute approximate surface area is 130 Å². The van der Waals surface area contributed by atoms with Crippen LogP contribution in [0, 0.1) is 17.2 Å². The van der Waals surface area contributed by atoms with Crippen molar-refractivity contribution in [2.75, 3.05) is 18.0 Å². The quantitative estimate of drug-likeness (QED) is 0.945. The summed E-state index contributed by atoms with van der Waals surface area (Å²) in [7, 11) is 0. The highest BCUT2D eigenvalue weighted by atomic mass is 16.3. The largest absolute Gasteiger partial charge is 0.388 e. The molecule has 3 rings (SSSR count). The zero-order chi connectivity index (χ0) is 15.4. The van der Waals surface area contributed by atoms with E-state index in [0.717, 1.165) is 37.2 Å². The van der Waals surface area contributed by atoms with Crippen LogP contribution in [0.2, 0.25) is 0 Å². The zero-order valence-electron chi connectivity index (χ0n) is 12.4. The molecular formula is C18H19N3O. The van der Waals surface area contributed by atoms with Crippen molar-refractivity contribution in [2.45, 2.75) is 18.9 Å². The Kier molecular flexibility index (Phi) is 4.36. The Morgan fingerprint density at radius 1 is 1.14 bits per heavy atom. The number of anilines is 1. The van der Waals surface area contributed by atoms with E-state index in [-0.39, 0.29) is 6.10 Å². The number of aromatic nitrogens is 1. The predicted molar refractivity (Wildman–Crippen MR) is 85.3 cm³/mol. The molecule has 1 unspecified atom stereocenters. The van der Waals surface area contributed by atoms with Crippen LogP contribution in [0.3, 0.4) is 0 Å². The Morgan fingerprint density at radius 2 is 1.86 bits per heavy atom. The van der Waals surface area contributed by atoms with E-state index in [2.05, 4.69) is 9.88 Å². The van der Waals surface area contributed by atoms with Gasteiger partial charge in [0.05, 0.1) is 18.0 Å². The third-order valence-electron chi connectivity index (χ3n) is 4.35. The molecule has 1 fully saturated rings. The average molecular weight is 293 g/mol. The minimum absolute atomic E-state index is 0.296. The van der Waals surface area contributed by atoms with Crippen LogP contribution in [-0.2, 0) is 0 Å². The fourth-order valence-corrected chi connectivity index (χ4v) is 3.04. The summed E-state index contributed by atoms with van der Waals surface area (Å²) in [4.78, 5) is 6.39. The topological polar surface area (TPSA) is 60.2 Å². The van der Waals surface area contributed by atoms with Crippen LogP contribution in [0.4, 0.5) is 5.69 Å². The van der Waals surface area contributed by atoms with Crippen molar-refractivity contribution in [2.24, 2.45) is 5.92 Å².